The monoisotopic (exact) mass is 170 g/mol. The first-order valence-electron chi connectivity index (χ1n) is 3.61. The highest BCUT2D eigenvalue weighted by Gasteiger charge is 2.14. The molecule has 0 aliphatic heterocycles. The van der Waals surface area contributed by atoms with E-state index < -0.39 is 11.7 Å². The van der Waals surface area contributed by atoms with Gasteiger partial charge in [-0.3, -0.25) is 0 Å². The van der Waals surface area contributed by atoms with Crippen molar-refractivity contribution in [3.05, 3.63) is 0 Å². The number of hydrogen-bond acceptors (Lipinski definition) is 3. The summed E-state index contributed by atoms with van der Waals surface area (Å²) in [5.41, 5.74) is 4.42. The quantitative estimate of drug-likeness (QED) is 0.443. The van der Waals surface area contributed by atoms with Crippen molar-refractivity contribution in [1.29, 1.82) is 0 Å². The number of nitrogens with two attached hydrogens (primary N) is 1. The Balaban J connectivity index is 3.66. The lowest BCUT2D eigenvalue weighted by Gasteiger charge is -2.18. The number of alkyl carbamates (subject to hydrolysis) is 1. The second-order valence-corrected chi connectivity index (χ2v) is 3.18. The summed E-state index contributed by atoms with van der Waals surface area (Å²) in [6, 6.07) is 2.17. The van der Waals surface area contributed by atoms with Crippen molar-refractivity contribution >= 4 is 6.09 Å². The zero-order valence-electron chi connectivity index (χ0n) is 7.60. The van der Waals surface area contributed by atoms with Crippen LogP contribution in [-0.2, 0) is 4.74 Å². The molecule has 0 fully saturated rings. The third kappa shape index (κ3) is 6.75. The first kappa shape index (κ1) is 10.6. The minimum absolute atomic E-state index is 0.214. The van der Waals surface area contributed by atoms with Crippen LogP contribution < -0.4 is 11.1 Å². The molecule has 0 heterocycles. The van der Waals surface area contributed by atoms with E-state index >= 15 is 0 Å². The lowest BCUT2D eigenvalue weighted by Crippen LogP contribution is -2.32. The maximum atomic E-state index is 10.9. The molecule has 0 unspecified atom stereocenters. The molecule has 0 saturated carbocycles. The van der Waals surface area contributed by atoms with Gasteiger partial charge >= 0.3 is 6.09 Å². The zero-order chi connectivity index (χ0) is 9.61. The zero-order valence-corrected chi connectivity index (χ0v) is 7.60. The molecule has 0 aromatic carbocycles. The Kier molecular flexibility index (Phi) is 3.98. The molecule has 0 atom stereocenters. The number of carbonyl (C=O) groups is 1. The smallest absolute Gasteiger partial charge is 0.408 e. The molecule has 0 aliphatic rings. The Hall–Kier alpha value is -1.37. The maximum absolute atomic E-state index is 10.9. The van der Waals surface area contributed by atoms with Gasteiger partial charge in [0.05, 0.1) is 6.54 Å². The van der Waals surface area contributed by atoms with Crippen LogP contribution in [-0.4, -0.2) is 18.2 Å². The summed E-state index contributed by atoms with van der Waals surface area (Å²) >= 11 is 0. The molecule has 0 aliphatic carbocycles. The van der Waals surface area contributed by atoms with Gasteiger partial charge in [-0.1, -0.05) is 5.92 Å². The topological polar surface area (TPSA) is 64.3 Å². The van der Waals surface area contributed by atoms with Gasteiger partial charge in [0, 0.05) is 6.04 Å². The largest absolute Gasteiger partial charge is 0.444 e. The molecule has 12 heavy (non-hydrogen) atoms. The van der Waals surface area contributed by atoms with Crippen molar-refractivity contribution in [2.75, 3.05) is 6.54 Å². The highest BCUT2D eigenvalue weighted by atomic mass is 16.6. The molecule has 4 heteroatoms. The summed E-state index contributed by atoms with van der Waals surface area (Å²) in [6.07, 6.45) is -0.481. The fraction of sp³-hybridized carbons (Fsp3) is 0.625. The van der Waals surface area contributed by atoms with E-state index in [1.54, 1.807) is 20.8 Å². The minimum Gasteiger partial charge on any atom is -0.444 e. The second-order valence-electron chi connectivity index (χ2n) is 3.18. The number of rotatable bonds is 1. The lowest BCUT2D eigenvalue weighted by atomic mass is 10.2. The molecule has 0 rings (SSSR count). The Morgan fingerprint density at radius 2 is 2.17 bits per heavy atom. The maximum Gasteiger partial charge on any atom is 0.408 e. The van der Waals surface area contributed by atoms with E-state index in [-0.39, 0.29) is 6.54 Å². The van der Waals surface area contributed by atoms with Crippen LogP contribution in [0.2, 0.25) is 0 Å². The summed E-state index contributed by atoms with van der Waals surface area (Å²) < 4.78 is 4.93. The molecule has 0 aromatic rings. The van der Waals surface area contributed by atoms with Gasteiger partial charge in [-0.15, -0.1) is 0 Å². The van der Waals surface area contributed by atoms with Gasteiger partial charge in [0.2, 0.25) is 0 Å². The molecule has 68 valence electrons. The Bertz CT molecular complexity index is 207. The van der Waals surface area contributed by atoms with Gasteiger partial charge in [-0.05, 0) is 20.8 Å². The van der Waals surface area contributed by atoms with E-state index in [1.165, 1.54) is 0 Å². The molecule has 0 spiro atoms. The minimum atomic E-state index is -0.481. The van der Waals surface area contributed by atoms with Crippen LogP contribution in [0.4, 0.5) is 4.79 Å². The highest BCUT2D eigenvalue weighted by molar-refractivity contribution is 5.67. The van der Waals surface area contributed by atoms with Crippen LogP contribution in [0.25, 0.3) is 0 Å². The van der Waals surface area contributed by atoms with E-state index in [0.29, 0.717) is 0 Å². The van der Waals surface area contributed by atoms with E-state index in [9.17, 15) is 4.79 Å². The van der Waals surface area contributed by atoms with Crippen LogP contribution in [0.1, 0.15) is 20.8 Å². The van der Waals surface area contributed by atoms with Crippen LogP contribution >= 0.6 is 0 Å². The summed E-state index contributed by atoms with van der Waals surface area (Å²) in [5, 5.41) is 2.43. The van der Waals surface area contributed by atoms with Crippen LogP contribution in [0.15, 0.2) is 0 Å². The average Bonchev–Trinajstić information content (AvgIpc) is 1.84. The highest BCUT2D eigenvalue weighted by Crippen LogP contribution is 2.05. The predicted molar refractivity (Wildman–Crippen MR) is 46.2 cm³/mol. The number of hydrogen-bond donors (Lipinski definition) is 2. The second kappa shape index (κ2) is 4.50. The summed E-state index contributed by atoms with van der Waals surface area (Å²) in [6.45, 7) is 5.59. The molecule has 0 radical (unpaired) electrons. The fourth-order valence-corrected chi connectivity index (χ4v) is 0.482. The van der Waals surface area contributed by atoms with E-state index in [0.717, 1.165) is 0 Å². The molecule has 3 N–H and O–H groups in total. The number of carbonyl (C=O) groups excluding carboxylic acids is 1. The summed E-state index contributed by atoms with van der Waals surface area (Å²) in [5.74, 6) is 2.48. The fourth-order valence-electron chi connectivity index (χ4n) is 0.482. The van der Waals surface area contributed by atoms with Gasteiger partial charge in [0.25, 0.3) is 0 Å². The molecule has 0 aromatic heterocycles. The average molecular weight is 170 g/mol. The first-order valence-corrected chi connectivity index (χ1v) is 3.61. The van der Waals surface area contributed by atoms with Crippen LogP contribution in [0.3, 0.4) is 0 Å². The van der Waals surface area contributed by atoms with Crippen LogP contribution in [0.5, 0.6) is 0 Å². The molecular weight excluding hydrogens is 156 g/mol. The normalized spacial score (nSPS) is 9.58. The van der Waals surface area contributed by atoms with Gasteiger partial charge < -0.3 is 15.8 Å². The molecular formula is C8H14N2O2. The summed E-state index contributed by atoms with van der Waals surface area (Å²) in [4.78, 5) is 10.9. The SMILES string of the molecule is CC(C)(C)OC(=O)NCC#CN. The lowest BCUT2D eigenvalue weighted by molar-refractivity contribution is 0.0535. The molecule has 0 bridgehead atoms. The van der Waals surface area contributed by atoms with Gasteiger partial charge in [0.1, 0.15) is 5.60 Å². The molecule has 4 nitrogen and oxygen atoms in total. The Labute approximate surface area is 72.5 Å². The molecule has 0 saturated heterocycles. The third-order valence-corrected chi connectivity index (χ3v) is 0.822. The number of nitrogens with one attached hydrogen (secondary N) is 1. The van der Waals surface area contributed by atoms with Crippen molar-refractivity contribution in [2.24, 2.45) is 5.73 Å². The van der Waals surface area contributed by atoms with Crippen molar-refractivity contribution in [3.8, 4) is 12.0 Å². The van der Waals surface area contributed by atoms with Gasteiger partial charge in [-0.2, -0.15) is 0 Å². The first-order chi connectivity index (χ1) is 5.45. The van der Waals surface area contributed by atoms with E-state index in [4.69, 9.17) is 10.5 Å². The van der Waals surface area contributed by atoms with Gasteiger partial charge in [-0.25, -0.2) is 4.79 Å². The van der Waals surface area contributed by atoms with Crippen molar-refractivity contribution < 1.29 is 9.53 Å². The standard InChI is InChI=1S/C8H14N2O2/c1-8(2,3)12-7(11)10-6-4-5-9/h6,9H2,1-3H3,(H,10,11). The Morgan fingerprint density at radius 3 is 2.58 bits per heavy atom. The van der Waals surface area contributed by atoms with Gasteiger partial charge in [0.15, 0.2) is 0 Å². The third-order valence-electron chi connectivity index (χ3n) is 0.822. The van der Waals surface area contributed by atoms with Crippen molar-refractivity contribution in [1.82, 2.24) is 5.32 Å². The van der Waals surface area contributed by atoms with Crippen molar-refractivity contribution in [2.45, 2.75) is 26.4 Å². The van der Waals surface area contributed by atoms with Crippen molar-refractivity contribution in [3.63, 3.8) is 0 Å². The van der Waals surface area contributed by atoms with Crippen LogP contribution in [0, 0.1) is 12.0 Å². The molecule has 1 amide bonds. The van der Waals surface area contributed by atoms with E-state index in [2.05, 4.69) is 17.3 Å². The number of amides is 1. The Morgan fingerprint density at radius 1 is 1.58 bits per heavy atom. The summed E-state index contributed by atoms with van der Waals surface area (Å²) in [7, 11) is 0. The van der Waals surface area contributed by atoms with E-state index in [1.807, 2.05) is 0 Å². The number of ether oxygens (including phenoxy) is 1. The predicted octanol–water partition coefficient (Wildman–Crippen LogP) is 0.431.